The van der Waals surface area contributed by atoms with Gasteiger partial charge in [-0.1, -0.05) is 32.6 Å². The van der Waals surface area contributed by atoms with Gasteiger partial charge >= 0.3 is 0 Å². The van der Waals surface area contributed by atoms with Crippen LogP contribution in [0.1, 0.15) is 51.9 Å². The second-order valence-electron chi connectivity index (χ2n) is 6.27. The molecule has 2 rings (SSSR count). The maximum atomic E-state index is 3.82. The summed E-state index contributed by atoms with van der Waals surface area (Å²) in [5.41, 5.74) is 0. The minimum Gasteiger partial charge on any atom is -0.313 e. The van der Waals surface area contributed by atoms with Gasteiger partial charge in [0.2, 0.25) is 0 Å². The van der Waals surface area contributed by atoms with Gasteiger partial charge in [-0.05, 0) is 25.2 Å². The number of nitrogens with one attached hydrogen (secondary N) is 1. The summed E-state index contributed by atoms with van der Waals surface area (Å²) in [6, 6.07) is 0.807. The molecule has 2 atom stereocenters. The first-order valence-electron chi connectivity index (χ1n) is 8.42. The monoisotopic (exact) mass is 284 g/mol. The average Bonchev–Trinajstić information content (AvgIpc) is 2.66. The van der Waals surface area contributed by atoms with Gasteiger partial charge in [0.1, 0.15) is 0 Å². The Bertz CT molecular complexity index is 229. The number of hydrogen-bond acceptors (Lipinski definition) is 3. The molecule has 2 unspecified atom stereocenters. The molecule has 2 fully saturated rings. The lowest BCUT2D eigenvalue weighted by Gasteiger charge is -2.27. The van der Waals surface area contributed by atoms with Crippen molar-refractivity contribution in [3.8, 4) is 0 Å². The van der Waals surface area contributed by atoms with Crippen LogP contribution in [0.5, 0.6) is 0 Å². The molecule has 19 heavy (non-hydrogen) atoms. The molecule has 0 amide bonds. The van der Waals surface area contributed by atoms with Crippen LogP contribution in [0.25, 0.3) is 0 Å². The van der Waals surface area contributed by atoms with Crippen molar-refractivity contribution in [2.75, 3.05) is 37.7 Å². The minimum atomic E-state index is 0.807. The van der Waals surface area contributed by atoms with Crippen molar-refractivity contribution in [3.05, 3.63) is 0 Å². The molecule has 0 radical (unpaired) electrons. The predicted octanol–water partition coefficient (Wildman–Crippen LogP) is 3.37. The molecule has 1 saturated carbocycles. The van der Waals surface area contributed by atoms with E-state index in [2.05, 4.69) is 28.9 Å². The van der Waals surface area contributed by atoms with Crippen LogP contribution in [0.2, 0.25) is 0 Å². The van der Waals surface area contributed by atoms with Crippen LogP contribution in [0, 0.1) is 5.92 Å². The zero-order chi connectivity index (χ0) is 13.3. The third kappa shape index (κ3) is 6.05. The summed E-state index contributed by atoms with van der Waals surface area (Å²) in [6.07, 6.45) is 10.0. The van der Waals surface area contributed by atoms with Gasteiger partial charge in [-0.25, -0.2) is 0 Å². The number of hydrogen-bond donors (Lipinski definition) is 1. The van der Waals surface area contributed by atoms with Crippen molar-refractivity contribution in [3.63, 3.8) is 0 Å². The molecule has 112 valence electrons. The largest absolute Gasteiger partial charge is 0.313 e. The number of nitrogens with zero attached hydrogens (tertiary/aromatic N) is 1. The zero-order valence-electron chi connectivity index (χ0n) is 12.7. The lowest BCUT2D eigenvalue weighted by molar-refractivity contribution is 0.291. The smallest absolute Gasteiger partial charge is 0.0108 e. The predicted molar refractivity (Wildman–Crippen MR) is 87.0 cm³/mol. The van der Waals surface area contributed by atoms with Crippen LogP contribution >= 0.6 is 11.8 Å². The lowest BCUT2D eigenvalue weighted by Crippen LogP contribution is -2.40. The van der Waals surface area contributed by atoms with Gasteiger partial charge in [0.25, 0.3) is 0 Å². The summed E-state index contributed by atoms with van der Waals surface area (Å²) >= 11 is 2.11. The van der Waals surface area contributed by atoms with Crippen molar-refractivity contribution in [2.24, 2.45) is 5.92 Å². The fourth-order valence-corrected chi connectivity index (χ4v) is 4.51. The third-order valence-electron chi connectivity index (χ3n) is 4.75. The van der Waals surface area contributed by atoms with Gasteiger partial charge in [-0.3, -0.25) is 0 Å². The highest BCUT2D eigenvalue weighted by Crippen LogP contribution is 2.26. The van der Waals surface area contributed by atoms with E-state index >= 15 is 0 Å². The van der Waals surface area contributed by atoms with Gasteiger partial charge < -0.3 is 10.2 Å². The minimum absolute atomic E-state index is 0.807. The molecule has 1 N–H and O–H groups in total. The molecular formula is C16H32N2S. The molecule has 0 aromatic rings. The molecule has 1 saturated heterocycles. The quantitative estimate of drug-likeness (QED) is 0.753. The molecule has 3 heteroatoms. The Morgan fingerprint density at radius 3 is 2.74 bits per heavy atom. The van der Waals surface area contributed by atoms with Crippen LogP contribution in [0.4, 0.5) is 0 Å². The summed E-state index contributed by atoms with van der Waals surface area (Å²) < 4.78 is 0. The van der Waals surface area contributed by atoms with Crippen molar-refractivity contribution in [1.29, 1.82) is 0 Å². The molecule has 2 aliphatic rings. The topological polar surface area (TPSA) is 15.3 Å². The van der Waals surface area contributed by atoms with Crippen molar-refractivity contribution in [1.82, 2.24) is 10.2 Å². The molecule has 2 nitrogen and oxygen atoms in total. The molecule has 0 spiro atoms. The standard InChI is InChI=1S/C16H32N2S/c1-2-4-15-5-3-6-16(8-7-15)17-9-10-18-11-13-19-14-12-18/h15-17H,2-14H2,1H3. The van der Waals surface area contributed by atoms with Crippen LogP contribution < -0.4 is 5.32 Å². The zero-order valence-corrected chi connectivity index (χ0v) is 13.5. The molecular weight excluding hydrogens is 252 g/mol. The Kier molecular flexibility index (Phi) is 7.62. The van der Waals surface area contributed by atoms with Crippen molar-refractivity contribution >= 4 is 11.8 Å². The van der Waals surface area contributed by atoms with Crippen molar-refractivity contribution in [2.45, 2.75) is 57.9 Å². The SMILES string of the molecule is CCCC1CCCC(NCCN2CCSCC2)CC1. The Hall–Kier alpha value is 0.270. The van der Waals surface area contributed by atoms with Gasteiger partial charge in [0.15, 0.2) is 0 Å². The fraction of sp³-hybridized carbons (Fsp3) is 1.00. The highest BCUT2D eigenvalue weighted by molar-refractivity contribution is 7.99. The Balaban J connectivity index is 1.57. The first kappa shape index (κ1) is 15.7. The highest BCUT2D eigenvalue weighted by Gasteiger charge is 2.18. The van der Waals surface area contributed by atoms with E-state index in [1.165, 1.54) is 82.6 Å². The lowest BCUT2D eigenvalue weighted by atomic mass is 9.95. The number of rotatable bonds is 6. The van der Waals surface area contributed by atoms with Crippen molar-refractivity contribution < 1.29 is 0 Å². The van der Waals surface area contributed by atoms with Gasteiger partial charge in [0.05, 0.1) is 0 Å². The van der Waals surface area contributed by atoms with Gasteiger partial charge in [-0.15, -0.1) is 0 Å². The molecule has 0 aromatic carbocycles. The average molecular weight is 285 g/mol. The first-order chi connectivity index (χ1) is 9.38. The van der Waals surface area contributed by atoms with Gasteiger partial charge in [-0.2, -0.15) is 11.8 Å². The van der Waals surface area contributed by atoms with E-state index in [0.29, 0.717) is 0 Å². The van der Waals surface area contributed by atoms with E-state index in [1.54, 1.807) is 0 Å². The van der Waals surface area contributed by atoms with E-state index in [4.69, 9.17) is 0 Å². The highest BCUT2D eigenvalue weighted by atomic mass is 32.2. The van der Waals surface area contributed by atoms with E-state index in [0.717, 1.165) is 12.0 Å². The molecule has 0 aromatic heterocycles. The summed E-state index contributed by atoms with van der Waals surface area (Å²) in [7, 11) is 0. The first-order valence-corrected chi connectivity index (χ1v) is 9.57. The van der Waals surface area contributed by atoms with E-state index in [9.17, 15) is 0 Å². The van der Waals surface area contributed by atoms with Crippen LogP contribution in [-0.2, 0) is 0 Å². The second-order valence-corrected chi connectivity index (χ2v) is 7.49. The maximum absolute atomic E-state index is 3.82. The normalized spacial score (nSPS) is 30.2. The van der Waals surface area contributed by atoms with E-state index in [1.807, 2.05) is 0 Å². The molecule has 1 aliphatic carbocycles. The Morgan fingerprint density at radius 2 is 1.95 bits per heavy atom. The fourth-order valence-electron chi connectivity index (χ4n) is 3.53. The Morgan fingerprint density at radius 1 is 1.11 bits per heavy atom. The van der Waals surface area contributed by atoms with Crippen LogP contribution in [0.15, 0.2) is 0 Å². The van der Waals surface area contributed by atoms with E-state index < -0.39 is 0 Å². The number of thioether (sulfide) groups is 1. The molecule has 1 heterocycles. The molecule has 1 aliphatic heterocycles. The summed E-state index contributed by atoms with van der Waals surface area (Å²) in [4.78, 5) is 2.63. The maximum Gasteiger partial charge on any atom is 0.0108 e. The van der Waals surface area contributed by atoms with Gasteiger partial charge in [0, 0.05) is 43.7 Å². The van der Waals surface area contributed by atoms with E-state index in [-0.39, 0.29) is 0 Å². The summed E-state index contributed by atoms with van der Waals surface area (Å²) in [6.45, 7) is 7.39. The van der Waals surface area contributed by atoms with Crippen LogP contribution in [-0.4, -0.2) is 48.6 Å². The molecule has 0 bridgehead atoms. The van der Waals surface area contributed by atoms with Crippen LogP contribution in [0.3, 0.4) is 0 Å². The summed E-state index contributed by atoms with van der Waals surface area (Å²) in [5, 5.41) is 3.82. The Labute approximate surface area is 124 Å². The third-order valence-corrected chi connectivity index (χ3v) is 5.69. The second kappa shape index (κ2) is 9.25. The summed E-state index contributed by atoms with van der Waals surface area (Å²) in [5.74, 6) is 3.69.